The van der Waals surface area contributed by atoms with E-state index in [0.717, 1.165) is 16.1 Å². The normalized spacial score (nSPS) is 11.7. The van der Waals surface area contributed by atoms with Gasteiger partial charge in [0.25, 0.3) is 0 Å². The lowest BCUT2D eigenvalue weighted by Crippen LogP contribution is -1.94. The minimum absolute atomic E-state index is 0.783. The van der Waals surface area contributed by atoms with E-state index in [2.05, 4.69) is 114 Å². The molecule has 0 fully saturated rings. The van der Waals surface area contributed by atoms with E-state index in [9.17, 15) is 0 Å². The van der Waals surface area contributed by atoms with Gasteiger partial charge >= 0.3 is 0 Å². The van der Waals surface area contributed by atoms with E-state index in [0.29, 0.717) is 0 Å². The molecule has 7 rings (SSSR count). The van der Waals surface area contributed by atoms with Gasteiger partial charge in [0.15, 0.2) is 0 Å². The van der Waals surface area contributed by atoms with Gasteiger partial charge < -0.3 is 4.57 Å². The van der Waals surface area contributed by atoms with Gasteiger partial charge in [0, 0.05) is 32.3 Å². The molecule has 0 aliphatic carbocycles. The van der Waals surface area contributed by atoms with Crippen LogP contribution in [-0.2, 0) is 0 Å². The maximum Gasteiger partial charge on any atom is 0.0619 e. The van der Waals surface area contributed by atoms with Crippen molar-refractivity contribution in [1.82, 2.24) is 4.57 Å². The molecule has 1 aromatic heterocycles. The Kier molecular flexibility index (Phi) is 4.27. The van der Waals surface area contributed by atoms with Gasteiger partial charge in [-0.1, -0.05) is 109 Å². The number of nitrogens with zero attached hydrogens (tertiary/aromatic N) is 1. The standard InChI is InChI=1S/C32H20ClN/c33-30-19-18-24(26-12-6-7-13-27(26)30)22-15-16-28-29-17-14-21-8-4-5-11-25(21)32(29)34(31(28)20-22)23-9-2-1-3-10-23/h1-20H. The third-order valence-corrected chi connectivity index (χ3v) is 7.18. The molecule has 2 heteroatoms. The maximum absolute atomic E-state index is 6.52. The summed E-state index contributed by atoms with van der Waals surface area (Å²) in [4.78, 5) is 0. The van der Waals surface area contributed by atoms with E-state index in [-0.39, 0.29) is 0 Å². The highest BCUT2D eigenvalue weighted by atomic mass is 35.5. The minimum atomic E-state index is 0.783. The molecule has 160 valence electrons. The van der Waals surface area contributed by atoms with Crippen LogP contribution in [0.2, 0.25) is 5.02 Å². The molecule has 1 nitrogen and oxygen atoms in total. The van der Waals surface area contributed by atoms with Gasteiger partial charge in [-0.25, -0.2) is 0 Å². The van der Waals surface area contributed by atoms with Crippen molar-refractivity contribution < 1.29 is 0 Å². The van der Waals surface area contributed by atoms with Crippen LogP contribution in [0.5, 0.6) is 0 Å². The van der Waals surface area contributed by atoms with Crippen molar-refractivity contribution in [2.24, 2.45) is 0 Å². The van der Waals surface area contributed by atoms with E-state index in [1.165, 1.54) is 49.1 Å². The highest BCUT2D eigenvalue weighted by molar-refractivity contribution is 6.36. The number of halogens is 1. The fourth-order valence-corrected chi connectivity index (χ4v) is 5.53. The van der Waals surface area contributed by atoms with E-state index in [1.807, 2.05) is 12.1 Å². The van der Waals surface area contributed by atoms with E-state index in [4.69, 9.17) is 11.6 Å². The Morgan fingerprint density at radius 2 is 1.21 bits per heavy atom. The number of aromatic nitrogens is 1. The van der Waals surface area contributed by atoms with Gasteiger partial charge in [-0.15, -0.1) is 0 Å². The average Bonchev–Trinajstić information content (AvgIpc) is 3.24. The second kappa shape index (κ2) is 7.48. The Bertz CT molecular complexity index is 1860. The Balaban J connectivity index is 1.62. The van der Waals surface area contributed by atoms with Crippen LogP contribution in [0.4, 0.5) is 0 Å². The zero-order valence-electron chi connectivity index (χ0n) is 18.4. The molecule has 0 bridgehead atoms. The molecule has 0 N–H and O–H groups in total. The number of para-hydroxylation sites is 1. The Morgan fingerprint density at radius 1 is 0.500 bits per heavy atom. The van der Waals surface area contributed by atoms with Gasteiger partial charge in [-0.3, -0.25) is 0 Å². The first-order chi connectivity index (χ1) is 16.8. The van der Waals surface area contributed by atoms with Crippen LogP contribution in [0, 0.1) is 0 Å². The molecule has 0 aliphatic rings. The first-order valence-electron chi connectivity index (χ1n) is 11.5. The second-order valence-corrected chi connectivity index (χ2v) is 9.13. The van der Waals surface area contributed by atoms with Gasteiger partial charge in [-0.05, 0) is 46.2 Å². The molecule has 0 aliphatic heterocycles. The first-order valence-corrected chi connectivity index (χ1v) is 11.9. The SMILES string of the molecule is Clc1ccc(-c2ccc3c4ccc5ccccc5c4n(-c4ccccc4)c3c2)c2ccccc12. The zero-order valence-corrected chi connectivity index (χ0v) is 19.1. The van der Waals surface area contributed by atoms with Gasteiger partial charge in [-0.2, -0.15) is 0 Å². The summed E-state index contributed by atoms with van der Waals surface area (Å²) in [5, 5.41) is 8.07. The van der Waals surface area contributed by atoms with Gasteiger partial charge in [0.05, 0.1) is 11.0 Å². The monoisotopic (exact) mass is 453 g/mol. The molecule has 34 heavy (non-hydrogen) atoms. The number of benzene rings is 6. The van der Waals surface area contributed by atoms with E-state index >= 15 is 0 Å². The molecular formula is C32H20ClN. The minimum Gasteiger partial charge on any atom is -0.309 e. The lowest BCUT2D eigenvalue weighted by Gasteiger charge is -2.12. The summed E-state index contributed by atoms with van der Waals surface area (Å²) in [6.07, 6.45) is 0. The summed E-state index contributed by atoms with van der Waals surface area (Å²) in [6, 6.07) is 43.1. The van der Waals surface area contributed by atoms with Crippen LogP contribution >= 0.6 is 11.6 Å². The third kappa shape index (κ3) is 2.81. The number of hydrogen-bond acceptors (Lipinski definition) is 0. The maximum atomic E-state index is 6.52. The summed E-state index contributed by atoms with van der Waals surface area (Å²) < 4.78 is 2.41. The molecule has 1 heterocycles. The Morgan fingerprint density at radius 3 is 2.06 bits per heavy atom. The van der Waals surface area contributed by atoms with Crippen molar-refractivity contribution >= 4 is 55.0 Å². The molecule has 0 unspecified atom stereocenters. The van der Waals surface area contributed by atoms with Crippen molar-refractivity contribution in [2.75, 3.05) is 0 Å². The summed E-state index contributed by atoms with van der Waals surface area (Å²) in [6.45, 7) is 0. The van der Waals surface area contributed by atoms with Crippen molar-refractivity contribution in [3.8, 4) is 16.8 Å². The summed E-state index contributed by atoms with van der Waals surface area (Å²) >= 11 is 6.52. The van der Waals surface area contributed by atoms with Crippen LogP contribution in [0.1, 0.15) is 0 Å². The molecule has 0 radical (unpaired) electrons. The van der Waals surface area contributed by atoms with Crippen LogP contribution in [0.25, 0.3) is 60.2 Å². The highest BCUT2D eigenvalue weighted by Gasteiger charge is 2.16. The predicted molar refractivity (Wildman–Crippen MR) is 146 cm³/mol. The topological polar surface area (TPSA) is 4.93 Å². The van der Waals surface area contributed by atoms with Crippen LogP contribution < -0.4 is 0 Å². The summed E-state index contributed by atoms with van der Waals surface area (Å²) in [7, 11) is 0. The Hall–Kier alpha value is -4.07. The molecule has 0 atom stereocenters. The van der Waals surface area contributed by atoms with Crippen LogP contribution in [0.3, 0.4) is 0 Å². The number of fused-ring (bicyclic) bond motifs is 6. The first kappa shape index (κ1) is 19.4. The van der Waals surface area contributed by atoms with Crippen LogP contribution in [0.15, 0.2) is 121 Å². The lowest BCUT2D eigenvalue weighted by atomic mass is 9.97. The van der Waals surface area contributed by atoms with Crippen molar-refractivity contribution in [3.05, 3.63) is 126 Å². The fourth-order valence-electron chi connectivity index (χ4n) is 5.31. The van der Waals surface area contributed by atoms with Gasteiger partial charge in [0.1, 0.15) is 0 Å². The Labute approximate surface area is 202 Å². The molecule has 0 saturated carbocycles. The van der Waals surface area contributed by atoms with Crippen molar-refractivity contribution in [3.63, 3.8) is 0 Å². The average molecular weight is 454 g/mol. The largest absolute Gasteiger partial charge is 0.309 e. The van der Waals surface area contributed by atoms with Crippen LogP contribution in [-0.4, -0.2) is 4.57 Å². The smallest absolute Gasteiger partial charge is 0.0619 e. The molecule has 0 saturated heterocycles. The van der Waals surface area contributed by atoms with Crippen molar-refractivity contribution in [1.29, 1.82) is 0 Å². The quantitative estimate of drug-likeness (QED) is 0.245. The molecule has 6 aromatic carbocycles. The molecule has 7 aromatic rings. The van der Waals surface area contributed by atoms with E-state index < -0.39 is 0 Å². The summed E-state index contributed by atoms with van der Waals surface area (Å²) in [5.74, 6) is 0. The highest BCUT2D eigenvalue weighted by Crippen LogP contribution is 2.40. The lowest BCUT2D eigenvalue weighted by molar-refractivity contribution is 1.19. The molecule has 0 amide bonds. The zero-order chi connectivity index (χ0) is 22.6. The molecule has 0 spiro atoms. The van der Waals surface area contributed by atoms with Crippen molar-refractivity contribution in [2.45, 2.75) is 0 Å². The second-order valence-electron chi connectivity index (χ2n) is 8.73. The number of hydrogen-bond donors (Lipinski definition) is 0. The summed E-state index contributed by atoms with van der Waals surface area (Å²) in [5.41, 5.74) is 5.99. The number of rotatable bonds is 2. The third-order valence-electron chi connectivity index (χ3n) is 6.85. The fraction of sp³-hybridized carbons (Fsp3) is 0. The predicted octanol–water partition coefficient (Wildman–Crippen LogP) is 9.41. The van der Waals surface area contributed by atoms with Gasteiger partial charge in [0.2, 0.25) is 0 Å². The van der Waals surface area contributed by atoms with E-state index in [1.54, 1.807) is 0 Å². The molecular weight excluding hydrogens is 434 g/mol.